The van der Waals surface area contributed by atoms with Crippen LogP contribution in [0, 0.1) is 18.6 Å². The first kappa shape index (κ1) is 11.0. The minimum Gasteiger partial charge on any atom is -0.449 e. The van der Waals surface area contributed by atoms with Gasteiger partial charge in [-0.3, -0.25) is 0 Å². The molecule has 0 unspecified atom stereocenters. The predicted molar refractivity (Wildman–Crippen MR) is 68.6 cm³/mol. The van der Waals surface area contributed by atoms with E-state index in [0.717, 1.165) is 29.7 Å². The molecule has 1 nitrogen and oxygen atoms in total. The molecule has 0 N–H and O–H groups in total. The third-order valence-corrected chi connectivity index (χ3v) is 3.84. The van der Waals surface area contributed by atoms with Gasteiger partial charge in [-0.25, -0.2) is 8.78 Å². The molecule has 3 heteroatoms. The summed E-state index contributed by atoms with van der Waals surface area (Å²) in [5.74, 6) is 0.807. The Morgan fingerprint density at radius 3 is 2.37 bits per heavy atom. The average molecular weight is 258 g/mol. The third kappa shape index (κ3) is 1.57. The Morgan fingerprint density at radius 1 is 1.05 bits per heavy atom. The molecule has 1 saturated carbocycles. The van der Waals surface area contributed by atoms with Crippen molar-refractivity contribution in [2.45, 2.75) is 25.7 Å². The summed E-state index contributed by atoms with van der Waals surface area (Å²) in [5, 5.41) is 0. The quantitative estimate of drug-likeness (QED) is 0.594. The van der Waals surface area contributed by atoms with E-state index in [-0.39, 0.29) is 5.56 Å². The van der Waals surface area contributed by atoms with Crippen molar-refractivity contribution in [3.8, 4) is 22.6 Å². The number of benzene rings is 2. The molecule has 1 aliphatic carbocycles. The Morgan fingerprint density at radius 2 is 1.74 bits per heavy atom. The lowest BCUT2D eigenvalue weighted by Gasteiger charge is -2.09. The summed E-state index contributed by atoms with van der Waals surface area (Å²) in [6.07, 6.45) is 2.17. The Kier molecular flexibility index (Phi) is 2.06. The summed E-state index contributed by atoms with van der Waals surface area (Å²) < 4.78 is 33.5. The second-order valence-corrected chi connectivity index (χ2v) is 5.29. The Hall–Kier alpha value is -1.90. The van der Waals surface area contributed by atoms with Crippen LogP contribution < -0.4 is 4.74 Å². The lowest BCUT2D eigenvalue weighted by atomic mass is 9.94. The minimum atomic E-state index is -0.525. The zero-order chi connectivity index (χ0) is 13.1. The Balaban J connectivity index is 2.02. The highest BCUT2D eigenvalue weighted by atomic mass is 19.1. The summed E-state index contributed by atoms with van der Waals surface area (Å²) in [6.45, 7) is 1.97. The van der Waals surface area contributed by atoms with Crippen molar-refractivity contribution in [3.63, 3.8) is 0 Å². The second-order valence-electron chi connectivity index (χ2n) is 5.29. The lowest BCUT2D eigenvalue weighted by molar-refractivity contribution is 0.587. The van der Waals surface area contributed by atoms with Crippen molar-refractivity contribution in [2.24, 2.45) is 0 Å². The molecule has 4 rings (SSSR count). The van der Waals surface area contributed by atoms with Gasteiger partial charge in [0.1, 0.15) is 11.6 Å². The van der Waals surface area contributed by atoms with Crippen LogP contribution in [0.15, 0.2) is 24.3 Å². The Labute approximate surface area is 109 Å². The largest absolute Gasteiger partial charge is 0.449 e. The number of ether oxygens (including phenoxy) is 1. The smallest absolute Gasteiger partial charge is 0.178 e. The minimum absolute atomic E-state index is 0.0538. The van der Waals surface area contributed by atoms with Crippen molar-refractivity contribution in [1.82, 2.24) is 0 Å². The van der Waals surface area contributed by atoms with Crippen LogP contribution in [-0.4, -0.2) is 0 Å². The van der Waals surface area contributed by atoms with E-state index in [4.69, 9.17) is 4.74 Å². The fraction of sp³-hybridized carbons (Fsp3) is 0.250. The SMILES string of the molecule is Cc1cc(C2CC2)c(-c2c(F)cccc2F)c2c1O2. The number of rotatable bonds is 2. The van der Waals surface area contributed by atoms with Gasteiger partial charge in [0.05, 0.1) is 5.56 Å². The zero-order valence-corrected chi connectivity index (χ0v) is 10.5. The molecule has 1 aliphatic heterocycles. The molecule has 1 heterocycles. The molecule has 0 atom stereocenters. The first-order valence-corrected chi connectivity index (χ1v) is 6.46. The molecule has 0 aromatic heterocycles. The predicted octanol–water partition coefficient (Wildman–Crippen LogP) is 4.92. The van der Waals surface area contributed by atoms with E-state index >= 15 is 0 Å². The van der Waals surface area contributed by atoms with Gasteiger partial charge in [0.2, 0.25) is 0 Å². The van der Waals surface area contributed by atoms with E-state index in [1.807, 2.05) is 13.0 Å². The number of hydrogen-bond donors (Lipinski definition) is 0. The van der Waals surface area contributed by atoms with Gasteiger partial charge in [0.25, 0.3) is 0 Å². The van der Waals surface area contributed by atoms with Gasteiger partial charge in [-0.15, -0.1) is 0 Å². The van der Waals surface area contributed by atoms with Crippen LogP contribution in [0.5, 0.6) is 11.5 Å². The van der Waals surface area contributed by atoms with Crippen LogP contribution in [0.1, 0.15) is 29.9 Å². The van der Waals surface area contributed by atoms with E-state index in [1.54, 1.807) is 0 Å². The van der Waals surface area contributed by atoms with E-state index in [1.165, 1.54) is 18.2 Å². The standard InChI is InChI=1S/C16H12F2O/c1-8-7-10(9-5-6-9)13(16-15(8)19-16)14-11(17)3-2-4-12(14)18/h2-4,7,9H,5-6H2,1H3. The van der Waals surface area contributed by atoms with Crippen LogP contribution in [-0.2, 0) is 0 Å². The fourth-order valence-corrected chi connectivity index (χ4v) is 2.71. The molecule has 96 valence electrons. The zero-order valence-electron chi connectivity index (χ0n) is 10.5. The van der Waals surface area contributed by atoms with Gasteiger partial charge in [-0.05, 0) is 48.9 Å². The molecular formula is C16H12F2O. The van der Waals surface area contributed by atoms with Gasteiger partial charge in [-0.2, -0.15) is 0 Å². The maximum Gasteiger partial charge on any atom is 0.178 e. The van der Waals surface area contributed by atoms with E-state index in [0.29, 0.717) is 17.2 Å². The normalized spacial score (nSPS) is 15.9. The summed E-state index contributed by atoms with van der Waals surface area (Å²) in [6, 6.07) is 6.00. The topological polar surface area (TPSA) is 12.5 Å². The van der Waals surface area contributed by atoms with Gasteiger partial charge < -0.3 is 4.74 Å². The monoisotopic (exact) mass is 258 g/mol. The van der Waals surface area contributed by atoms with Crippen molar-refractivity contribution in [2.75, 3.05) is 0 Å². The molecule has 2 aliphatic rings. The summed E-state index contributed by atoms with van der Waals surface area (Å²) in [4.78, 5) is 0. The number of hydrogen-bond acceptors (Lipinski definition) is 1. The highest BCUT2D eigenvalue weighted by molar-refractivity contribution is 5.85. The Bertz CT molecular complexity index is 682. The lowest BCUT2D eigenvalue weighted by Crippen LogP contribution is -1.93. The number of halogens is 2. The van der Waals surface area contributed by atoms with Crippen molar-refractivity contribution >= 4 is 0 Å². The highest BCUT2D eigenvalue weighted by Crippen LogP contribution is 2.60. The van der Waals surface area contributed by atoms with E-state index < -0.39 is 11.6 Å². The van der Waals surface area contributed by atoms with Gasteiger partial charge in [-0.1, -0.05) is 12.1 Å². The first-order valence-electron chi connectivity index (χ1n) is 6.46. The average Bonchev–Trinajstić information content (AvgIpc) is 3.25. The molecule has 0 amide bonds. The molecule has 2 aromatic rings. The molecule has 0 spiro atoms. The highest BCUT2D eigenvalue weighted by Gasteiger charge is 2.37. The number of aryl methyl sites for hydroxylation is 1. The summed E-state index contributed by atoms with van der Waals surface area (Å²) in [5.41, 5.74) is 2.76. The van der Waals surface area contributed by atoms with Crippen LogP contribution in [0.2, 0.25) is 0 Å². The maximum atomic E-state index is 14.0. The molecule has 2 aromatic carbocycles. The molecule has 0 bridgehead atoms. The summed E-state index contributed by atoms with van der Waals surface area (Å²) in [7, 11) is 0. The van der Waals surface area contributed by atoms with Crippen LogP contribution in [0.4, 0.5) is 8.78 Å². The molecular weight excluding hydrogens is 246 g/mol. The van der Waals surface area contributed by atoms with E-state index in [9.17, 15) is 8.78 Å². The van der Waals surface area contributed by atoms with E-state index in [2.05, 4.69) is 0 Å². The molecule has 1 fully saturated rings. The second kappa shape index (κ2) is 3.56. The molecule has 0 saturated heterocycles. The van der Waals surface area contributed by atoms with Gasteiger partial charge in [0.15, 0.2) is 11.5 Å². The molecule has 19 heavy (non-hydrogen) atoms. The fourth-order valence-electron chi connectivity index (χ4n) is 2.71. The maximum absolute atomic E-state index is 14.0. The van der Waals surface area contributed by atoms with Gasteiger partial charge >= 0.3 is 0 Å². The summed E-state index contributed by atoms with van der Waals surface area (Å²) >= 11 is 0. The molecule has 0 radical (unpaired) electrons. The van der Waals surface area contributed by atoms with Crippen molar-refractivity contribution in [3.05, 3.63) is 47.0 Å². The van der Waals surface area contributed by atoms with Crippen LogP contribution in [0.3, 0.4) is 0 Å². The van der Waals surface area contributed by atoms with Crippen molar-refractivity contribution in [1.29, 1.82) is 0 Å². The van der Waals surface area contributed by atoms with Gasteiger partial charge in [0, 0.05) is 5.56 Å². The first-order chi connectivity index (χ1) is 9.16. The third-order valence-electron chi connectivity index (χ3n) is 3.84. The number of fused-ring (bicyclic) bond motifs is 1. The van der Waals surface area contributed by atoms with Crippen molar-refractivity contribution < 1.29 is 13.5 Å². The van der Waals surface area contributed by atoms with Crippen LogP contribution in [0.25, 0.3) is 11.1 Å². The van der Waals surface area contributed by atoms with Crippen LogP contribution >= 0.6 is 0 Å².